The molecule has 1 aromatic heterocycles. The number of aryl methyl sites for hydroxylation is 1. The van der Waals surface area contributed by atoms with Gasteiger partial charge >= 0.3 is 0 Å². The highest BCUT2D eigenvalue weighted by molar-refractivity contribution is 4.97. The first-order valence-electron chi connectivity index (χ1n) is 6.23. The molecule has 0 bridgehead atoms. The summed E-state index contributed by atoms with van der Waals surface area (Å²) in [6.07, 6.45) is 3.83. The highest BCUT2D eigenvalue weighted by Crippen LogP contribution is 1.97. The van der Waals surface area contributed by atoms with E-state index in [1.165, 1.54) is 5.69 Å². The molecule has 4 heteroatoms. The van der Waals surface area contributed by atoms with Gasteiger partial charge in [-0.1, -0.05) is 13.8 Å². The van der Waals surface area contributed by atoms with Crippen LogP contribution in [0, 0.1) is 0 Å². The molecule has 0 aliphatic heterocycles. The van der Waals surface area contributed by atoms with Gasteiger partial charge < -0.3 is 14.8 Å². The molecule has 0 spiro atoms. The molecule has 0 atom stereocenters. The summed E-state index contributed by atoms with van der Waals surface area (Å²) in [7, 11) is 0. The van der Waals surface area contributed by atoms with E-state index < -0.39 is 0 Å². The van der Waals surface area contributed by atoms with Crippen molar-refractivity contribution in [2.24, 2.45) is 0 Å². The molecular formula is C12H24N4. The van der Waals surface area contributed by atoms with E-state index in [1.54, 1.807) is 0 Å². The van der Waals surface area contributed by atoms with Gasteiger partial charge in [-0.15, -0.1) is 0 Å². The third kappa shape index (κ3) is 3.94. The lowest BCUT2D eigenvalue weighted by Gasteiger charge is -2.18. The number of nitrogens with zero attached hydrogens (tertiary/aromatic N) is 3. The largest absolute Gasteiger partial charge is 0.334 e. The summed E-state index contributed by atoms with van der Waals surface area (Å²) in [6, 6.07) is 0. The first-order chi connectivity index (χ1) is 7.81. The molecule has 0 aliphatic carbocycles. The second-order valence-corrected chi connectivity index (χ2v) is 3.87. The van der Waals surface area contributed by atoms with Crippen molar-refractivity contribution >= 4 is 0 Å². The van der Waals surface area contributed by atoms with Gasteiger partial charge in [0.2, 0.25) is 0 Å². The van der Waals surface area contributed by atoms with Gasteiger partial charge in [-0.05, 0) is 20.0 Å². The number of aromatic nitrogens is 2. The Balaban J connectivity index is 2.20. The van der Waals surface area contributed by atoms with Gasteiger partial charge in [0, 0.05) is 32.4 Å². The van der Waals surface area contributed by atoms with Crippen LogP contribution in [0.1, 0.15) is 26.5 Å². The van der Waals surface area contributed by atoms with Crippen molar-refractivity contribution in [1.29, 1.82) is 0 Å². The minimum absolute atomic E-state index is 0.912. The van der Waals surface area contributed by atoms with Crippen LogP contribution >= 0.6 is 0 Å². The second-order valence-electron chi connectivity index (χ2n) is 3.87. The fourth-order valence-electron chi connectivity index (χ4n) is 1.77. The summed E-state index contributed by atoms with van der Waals surface area (Å²) in [5, 5.41) is 3.46. The SMILES string of the molecule is CCN(CC)CCNCc1cncn1CC. The molecule has 0 unspecified atom stereocenters. The number of rotatable bonds is 8. The molecule has 0 saturated carbocycles. The molecule has 0 fully saturated rings. The molecule has 0 amide bonds. The van der Waals surface area contributed by atoms with Gasteiger partial charge in [0.25, 0.3) is 0 Å². The van der Waals surface area contributed by atoms with Crippen LogP contribution < -0.4 is 5.32 Å². The van der Waals surface area contributed by atoms with Crippen molar-refractivity contribution in [1.82, 2.24) is 19.8 Å². The summed E-state index contributed by atoms with van der Waals surface area (Å²) in [5.41, 5.74) is 1.27. The zero-order valence-electron chi connectivity index (χ0n) is 10.7. The highest BCUT2D eigenvalue weighted by atomic mass is 15.1. The number of likely N-dealkylation sites (N-methyl/N-ethyl adjacent to an activating group) is 1. The van der Waals surface area contributed by atoms with Crippen LogP contribution in [0.4, 0.5) is 0 Å². The van der Waals surface area contributed by atoms with Gasteiger partial charge in [0.1, 0.15) is 0 Å². The lowest BCUT2D eigenvalue weighted by molar-refractivity contribution is 0.302. The van der Waals surface area contributed by atoms with Crippen molar-refractivity contribution in [3.8, 4) is 0 Å². The molecule has 0 aromatic carbocycles. The van der Waals surface area contributed by atoms with E-state index in [4.69, 9.17) is 0 Å². The maximum absolute atomic E-state index is 4.15. The molecule has 1 N–H and O–H groups in total. The number of nitrogens with one attached hydrogen (secondary N) is 1. The first kappa shape index (κ1) is 13.2. The Morgan fingerprint density at radius 1 is 1.31 bits per heavy atom. The molecule has 4 nitrogen and oxygen atoms in total. The Hall–Kier alpha value is -0.870. The van der Waals surface area contributed by atoms with Crippen LogP contribution in [0.5, 0.6) is 0 Å². The number of hydrogen-bond donors (Lipinski definition) is 1. The van der Waals surface area contributed by atoms with Crippen LogP contribution in [0.15, 0.2) is 12.5 Å². The van der Waals surface area contributed by atoms with Gasteiger partial charge in [-0.2, -0.15) is 0 Å². The van der Waals surface area contributed by atoms with Gasteiger partial charge in [-0.25, -0.2) is 4.98 Å². The smallest absolute Gasteiger partial charge is 0.0948 e. The Morgan fingerprint density at radius 3 is 2.69 bits per heavy atom. The predicted octanol–water partition coefficient (Wildman–Crippen LogP) is 1.33. The number of hydrogen-bond acceptors (Lipinski definition) is 3. The van der Waals surface area contributed by atoms with Gasteiger partial charge in [-0.3, -0.25) is 0 Å². The summed E-state index contributed by atoms with van der Waals surface area (Å²) < 4.78 is 2.17. The molecule has 1 heterocycles. The summed E-state index contributed by atoms with van der Waals surface area (Å²) in [6.45, 7) is 12.9. The predicted molar refractivity (Wildman–Crippen MR) is 67.4 cm³/mol. The maximum atomic E-state index is 4.15. The minimum atomic E-state index is 0.912. The molecule has 16 heavy (non-hydrogen) atoms. The molecule has 0 aliphatic rings. The Kier molecular flexibility index (Phi) is 6.11. The van der Waals surface area contributed by atoms with E-state index in [2.05, 4.69) is 40.5 Å². The second kappa shape index (κ2) is 7.41. The van der Waals surface area contributed by atoms with E-state index in [9.17, 15) is 0 Å². The average Bonchev–Trinajstić information content (AvgIpc) is 2.77. The van der Waals surface area contributed by atoms with Crippen LogP contribution in [0.2, 0.25) is 0 Å². The van der Waals surface area contributed by atoms with E-state index in [-0.39, 0.29) is 0 Å². The third-order valence-corrected chi connectivity index (χ3v) is 2.94. The summed E-state index contributed by atoms with van der Waals surface area (Å²) in [5.74, 6) is 0. The normalized spacial score (nSPS) is 11.2. The topological polar surface area (TPSA) is 33.1 Å². The van der Waals surface area contributed by atoms with Crippen LogP contribution in [-0.2, 0) is 13.1 Å². The van der Waals surface area contributed by atoms with Crippen LogP contribution in [-0.4, -0.2) is 40.6 Å². The molecular weight excluding hydrogens is 200 g/mol. The minimum Gasteiger partial charge on any atom is -0.334 e. The molecule has 1 aromatic rings. The van der Waals surface area contributed by atoms with E-state index in [0.717, 1.165) is 39.3 Å². The lowest BCUT2D eigenvalue weighted by Crippen LogP contribution is -2.31. The molecule has 1 rings (SSSR count). The van der Waals surface area contributed by atoms with Crippen LogP contribution in [0.3, 0.4) is 0 Å². The maximum Gasteiger partial charge on any atom is 0.0948 e. The van der Waals surface area contributed by atoms with E-state index >= 15 is 0 Å². The zero-order chi connectivity index (χ0) is 11.8. The first-order valence-corrected chi connectivity index (χ1v) is 6.23. The molecule has 0 radical (unpaired) electrons. The van der Waals surface area contributed by atoms with Crippen molar-refractivity contribution in [2.75, 3.05) is 26.2 Å². The Morgan fingerprint density at radius 2 is 2.06 bits per heavy atom. The fraction of sp³-hybridized carbons (Fsp3) is 0.750. The Labute approximate surface area is 98.7 Å². The Bertz CT molecular complexity index is 278. The van der Waals surface area contributed by atoms with E-state index in [0.29, 0.717) is 0 Å². The quantitative estimate of drug-likeness (QED) is 0.676. The van der Waals surface area contributed by atoms with Crippen molar-refractivity contribution < 1.29 is 0 Å². The van der Waals surface area contributed by atoms with Crippen LogP contribution in [0.25, 0.3) is 0 Å². The highest BCUT2D eigenvalue weighted by Gasteiger charge is 2.00. The molecule has 92 valence electrons. The zero-order valence-corrected chi connectivity index (χ0v) is 10.7. The summed E-state index contributed by atoms with van der Waals surface area (Å²) in [4.78, 5) is 6.57. The lowest BCUT2D eigenvalue weighted by atomic mass is 10.4. The van der Waals surface area contributed by atoms with Gasteiger partial charge in [0.05, 0.1) is 12.0 Å². The fourth-order valence-corrected chi connectivity index (χ4v) is 1.77. The van der Waals surface area contributed by atoms with Gasteiger partial charge in [0.15, 0.2) is 0 Å². The van der Waals surface area contributed by atoms with E-state index in [1.807, 2.05) is 12.5 Å². The van der Waals surface area contributed by atoms with Crippen molar-refractivity contribution in [2.45, 2.75) is 33.9 Å². The summed E-state index contributed by atoms with van der Waals surface area (Å²) >= 11 is 0. The van der Waals surface area contributed by atoms with Crippen molar-refractivity contribution in [3.63, 3.8) is 0 Å². The standard InChI is InChI=1S/C12H24N4/c1-4-15(5-2)8-7-13-9-12-10-14-11-16(12)6-3/h10-11,13H,4-9H2,1-3H3. The third-order valence-electron chi connectivity index (χ3n) is 2.94. The average molecular weight is 224 g/mol. The van der Waals surface area contributed by atoms with Crippen molar-refractivity contribution in [3.05, 3.63) is 18.2 Å². The number of imidazole rings is 1. The monoisotopic (exact) mass is 224 g/mol. The molecule has 0 saturated heterocycles.